The molecule has 0 N–H and O–H groups in total. The molecule has 0 aromatic heterocycles. The molecule has 0 aliphatic rings. The molecule has 0 radical (unpaired) electrons. The van der Waals surface area contributed by atoms with Gasteiger partial charge in [-0.25, -0.2) is 0 Å². The zero-order chi connectivity index (χ0) is 16.7. The lowest BCUT2D eigenvalue weighted by atomic mass is 10.1. The molecule has 0 amide bonds. The van der Waals surface area contributed by atoms with Crippen molar-refractivity contribution in [1.29, 1.82) is 0 Å². The summed E-state index contributed by atoms with van der Waals surface area (Å²) < 4.78 is 14.1. The average Bonchev–Trinajstić information content (AvgIpc) is 2.59. The van der Waals surface area contributed by atoms with Crippen LogP contribution in [0, 0.1) is 0 Å². The fourth-order valence-electron chi connectivity index (χ4n) is 3.04. The summed E-state index contributed by atoms with van der Waals surface area (Å²) in [5, 5.41) is 1.56. The first-order chi connectivity index (χ1) is 11.1. The minimum Gasteiger partial charge on any atom is -0.313 e. The number of carbonyl (C=O) groups is 1. The topological polar surface area (TPSA) is 34.1 Å². The predicted octanol–water partition coefficient (Wildman–Crippen LogP) is 4.54. The van der Waals surface area contributed by atoms with Crippen molar-refractivity contribution in [3.05, 3.63) is 60.7 Å². The second kappa shape index (κ2) is 8.26. The van der Waals surface area contributed by atoms with E-state index in [1.54, 1.807) is 6.92 Å². The minimum atomic E-state index is -2.98. The van der Waals surface area contributed by atoms with Crippen LogP contribution >= 0.6 is 7.14 Å². The van der Waals surface area contributed by atoms with Gasteiger partial charge in [0, 0.05) is 10.6 Å². The van der Waals surface area contributed by atoms with Gasteiger partial charge in [-0.05, 0) is 13.3 Å². The molecule has 1 atom stereocenters. The monoisotopic (exact) mass is 328 g/mol. The summed E-state index contributed by atoms with van der Waals surface area (Å²) in [4.78, 5) is 12.4. The molecule has 0 aliphatic carbocycles. The average molecular weight is 328 g/mol. The van der Waals surface area contributed by atoms with Gasteiger partial charge in [0.05, 0.1) is 5.66 Å². The summed E-state index contributed by atoms with van der Waals surface area (Å²) in [6.07, 6.45) is 3.77. The van der Waals surface area contributed by atoms with Gasteiger partial charge in [-0.15, -0.1) is 0 Å². The van der Waals surface area contributed by atoms with Crippen molar-refractivity contribution in [2.45, 2.75) is 45.2 Å². The third kappa shape index (κ3) is 4.00. The Kier molecular flexibility index (Phi) is 6.36. The number of Topliss-reactive ketones (excluding diaryl/α,β-unsaturated/α-hetero) is 1. The minimum absolute atomic E-state index is 0.0251. The van der Waals surface area contributed by atoms with Crippen LogP contribution in [0.1, 0.15) is 39.5 Å². The molecule has 0 fully saturated rings. The van der Waals surface area contributed by atoms with Crippen LogP contribution in [0.15, 0.2) is 60.7 Å². The lowest BCUT2D eigenvalue weighted by Gasteiger charge is -2.27. The number of carbonyl (C=O) groups excluding carboxylic acids is 1. The Labute approximate surface area is 139 Å². The Morgan fingerprint density at radius 3 is 1.78 bits per heavy atom. The smallest absolute Gasteiger partial charge is 0.153 e. The first kappa shape index (κ1) is 17.7. The standard InChI is InChI=1S/C20H25O2P/c1-3-4-7-16-20(17(2)21)23(22,18-12-8-5-9-13-18)19-14-10-6-11-15-19/h5-6,8-15,20H,3-4,7,16H2,1-2H3. The molecule has 0 saturated heterocycles. The van der Waals surface area contributed by atoms with Crippen molar-refractivity contribution in [3.63, 3.8) is 0 Å². The van der Waals surface area contributed by atoms with Gasteiger partial charge in [-0.1, -0.05) is 86.8 Å². The highest BCUT2D eigenvalue weighted by Crippen LogP contribution is 2.50. The summed E-state index contributed by atoms with van der Waals surface area (Å²) in [6, 6.07) is 19.0. The molecule has 23 heavy (non-hydrogen) atoms. The Morgan fingerprint density at radius 2 is 1.39 bits per heavy atom. The van der Waals surface area contributed by atoms with E-state index in [-0.39, 0.29) is 5.78 Å². The van der Waals surface area contributed by atoms with Crippen LogP contribution in [0.5, 0.6) is 0 Å². The summed E-state index contributed by atoms with van der Waals surface area (Å²) in [7, 11) is -2.98. The SMILES string of the molecule is CCCCCC(C(C)=O)P(=O)(c1ccccc1)c1ccccc1. The van der Waals surface area contributed by atoms with Gasteiger partial charge in [-0.3, -0.25) is 4.79 Å². The van der Waals surface area contributed by atoms with Crippen molar-refractivity contribution >= 4 is 23.5 Å². The maximum Gasteiger partial charge on any atom is 0.153 e. The molecule has 0 aliphatic heterocycles. The lowest BCUT2D eigenvalue weighted by molar-refractivity contribution is -0.116. The molecule has 0 spiro atoms. The van der Waals surface area contributed by atoms with Crippen molar-refractivity contribution in [2.75, 3.05) is 0 Å². The number of hydrogen-bond donors (Lipinski definition) is 0. The lowest BCUT2D eigenvalue weighted by Crippen LogP contribution is -2.30. The van der Waals surface area contributed by atoms with Crippen LogP contribution in [-0.2, 0) is 9.36 Å². The summed E-state index contributed by atoms with van der Waals surface area (Å²) >= 11 is 0. The van der Waals surface area contributed by atoms with E-state index in [9.17, 15) is 9.36 Å². The Balaban J connectivity index is 2.52. The molecule has 0 saturated carbocycles. The largest absolute Gasteiger partial charge is 0.313 e. The van der Waals surface area contributed by atoms with Crippen LogP contribution in [0.25, 0.3) is 0 Å². The zero-order valence-corrected chi connectivity index (χ0v) is 14.8. The van der Waals surface area contributed by atoms with Gasteiger partial charge in [-0.2, -0.15) is 0 Å². The van der Waals surface area contributed by atoms with Crippen LogP contribution in [-0.4, -0.2) is 11.4 Å². The molecule has 3 heteroatoms. The normalized spacial score (nSPS) is 12.8. The Hall–Kier alpha value is -1.66. The molecular formula is C20H25O2P. The quantitative estimate of drug-likeness (QED) is 0.527. The van der Waals surface area contributed by atoms with E-state index in [4.69, 9.17) is 0 Å². The van der Waals surface area contributed by atoms with E-state index in [1.807, 2.05) is 60.7 Å². The third-order valence-corrected chi connectivity index (χ3v) is 7.90. The number of hydrogen-bond acceptors (Lipinski definition) is 2. The van der Waals surface area contributed by atoms with Crippen LogP contribution in [0.3, 0.4) is 0 Å². The Morgan fingerprint density at radius 1 is 0.913 bits per heavy atom. The number of benzene rings is 2. The second-order valence-electron chi connectivity index (χ2n) is 5.95. The molecule has 2 aromatic carbocycles. The highest BCUT2D eigenvalue weighted by atomic mass is 31.2. The maximum atomic E-state index is 14.1. The number of ketones is 1. The van der Waals surface area contributed by atoms with E-state index in [0.717, 1.165) is 29.9 Å². The van der Waals surface area contributed by atoms with Crippen molar-refractivity contribution in [1.82, 2.24) is 0 Å². The van der Waals surface area contributed by atoms with Gasteiger partial charge < -0.3 is 4.57 Å². The first-order valence-electron chi connectivity index (χ1n) is 8.32. The zero-order valence-electron chi connectivity index (χ0n) is 13.9. The summed E-state index contributed by atoms with van der Waals surface area (Å²) in [5.74, 6) is 0.0251. The number of unbranched alkanes of at least 4 members (excludes halogenated alkanes) is 2. The summed E-state index contributed by atoms with van der Waals surface area (Å²) in [5.41, 5.74) is -0.432. The molecule has 122 valence electrons. The number of rotatable bonds is 8. The third-order valence-electron chi connectivity index (χ3n) is 4.27. The van der Waals surface area contributed by atoms with Gasteiger partial charge in [0.15, 0.2) is 7.14 Å². The Bertz CT molecular complexity index is 621. The van der Waals surface area contributed by atoms with Gasteiger partial charge in [0.25, 0.3) is 0 Å². The van der Waals surface area contributed by atoms with Crippen LogP contribution in [0.2, 0.25) is 0 Å². The first-order valence-corrected chi connectivity index (χ1v) is 10.1. The van der Waals surface area contributed by atoms with Crippen LogP contribution in [0.4, 0.5) is 0 Å². The molecule has 2 nitrogen and oxygen atoms in total. The highest BCUT2D eigenvalue weighted by Gasteiger charge is 2.38. The fraction of sp³-hybridized carbons (Fsp3) is 0.350. The molecule has 0 heterocycles. The molecule has 2 aromatic rings. The maximum absolute atomic E-state index is 14.1. The van der Waals surface area contributed by atoms with Gasteiger partial charge in [0.1, 0.15) is 5.78 Å². The summed E-state index contributed by atoms with van der Waals surface area (Å²) in [6.45, 7) is 3.71. The van der Waals surface area contributed by atoms with E-state index >= 15 is 0 Å². The van der Waals surface area contributed by atoms with E-state index in [2.05, 4.69) is 6.92 Å². The van der Waals surface area contributed by atoms with Crippen molar-refractivity contribution in [3.8, 4) is 0 Å². The highest BCUT2D eigenvalue weighted by molar-refractivity contribution is 7.80. The van der Waals surface area contributed by atoms with Gasteiger partial charge in [0.2, 0.25) is 0 Å². The fourth-order valence-corrected chi connectivity index (χ4v) is 6.34. The molecule has 1 unspecified atom stereocenters. The molecule has 0 bridgehead atoms. The molecule has 2 rings (SSSR count). The second-order valence-corrected chi connectivity index (χ2v) is 8.92. The van der Waals surface area contributed by atoms with Gasteiger partial charge >= 0.3 is 0 Å². The van der Waals surface area contributed by atoms with E-state index in [1.165, 1.54) is 0 Å². The molecular weight excluding hydrogens is 303 g/mol. The van der Waals surface area contributed by atoms with Crippen molar-refractivity contribution in [2.24, 2.45) is 0 Å². The van der Waals surface area contributed by atoms with Crippen molar-refractivity contribution < 1.29 is 9.36 Å². The van der Waals surface area contributed by atoms with E-state index in [0.29, 0.717) is 6.42 Å². The predicted molar refractivity (Wildman–Crippen MR) is 98.4 cm³/mol. The van der Waals surface area contributed by atoms with E-state index < -0.39 is 12.8 Å². The van der Waals surface area contributed by atoms with Crippen LogP contribution < -0.4 is 10.6 Å².